The summed E-state index contributed by atoms with van der Waals surface area (Å²) in [5, 5.41) is 19.2. The first-order valence-electron chi connectivity index (χ1n) is 10.2. The lowest BCUT2D eigenvalue weighted by molar-refractivity contribution is -0.117. The molecule has 1 N–H and O–H groups in total. The number of carbonyl (C=O) groups is 1. The zero-order valence-electron chi connectivity index (χ0n) is 16.2. The average molecular weight is 383 g/mol. The van der Waals surface area contributed by atoms with Crippen molar-refractivity contribution in [1.29, 1.82) is 5.26 Å². The molecule has 3 aliphatic rings. The van der Waals surface area contributed by atoms with E-state index in [1.807, 2.05) is 31.4 Å². The summed E-state index contributed by atoms with van der Waals surface area (Å²) in [6, 6.07) is 12.7. The summed E-state index contributed by atoms with van der Waals surface area (Å²) < 4.78 is 1.77. The van der Waals surface area contributed by atoms with E-state index in [4.69, 9.17) is 0 Å². The van der Waals surface area contributed by atoms with Crippen LogP contribution in [0.15, 0.2) is 42.7 Å². The average Bonchev–Trinajstić information content (AvgIpc) is 3.67. The highest BCUT2D eigenvalue weighted by molar-refractivity contribution is 5.96. The highest BCUT2D eigenvalue weighted by atomic mass is 16.2. The van der Waals surface area contributed by atoms with Crippen LogP contribution >= 0.6 is 0 Å². The number of carbonyl (C=O) groups excluding carboxylic acids is 1. The van der Waals surface area contributed by atoms with Gasteiger partial charge in [0.05, 0.1) is 17.2 Å². The Morgan fingerprint density at radius 2 is 2.14 bits per heavy atom. The van der Waals surface area contributed by atoms with Crippen molar-refractivity contribution in [3.8, 4) is 6.07 Å². The van der Waals surface area contributed by atoms with E-state index in [1.165, 1.54) is 0 Å². The monoisotopic (exact) mass is 383 g/mol. The van der Waals surface area contributed by atoms with Crippen molar-refractivity contribution in [3.63, 3.8) is 0 Å². The minimum Gasteiger partial charge on any atom is -0.310 e. The molecule has 6 nitrogen and oxygen atoms in total. The molecule has 2 aromatic heterocycles. The van der Waals surface area contributed by atoms with Crippen LogP contribution in [0.3, 0.4) is 0 Å². The van der Waals surface area contributed by atoms with Gasteiger partial charge >= 0.3 is 0 Å². The Hall–Kier alpha value is -3.20. The maximum Gasteiger partial charge on any atom is 0.229 e. The minimum absolute atomic E-state index is 0.00345. The Bertz CT molecular complexity index is 1220. The van der Waals surface area contributed by atoms with Gasteiger partial charge < -0.3 is 5.32 Å². The highest BCUT2D eigenvalue weighted by Crippen LogP contribution is 2.78. The molecule has 0 saturated heterocycles. The van der Waals surface area contributed by atoms with Gasteiger partial charge in [-0.05, 0) is 60.2 Å². The Balaban J connectivity index is 1.23. The molecule has 3 aliphatic carbocycles. The highest BCUT2D eigenvalue weighted by Gasteiger charge is 2.75. The SMILES string of the molecule is Cn1ccc(C2CC2C(=O)Nc2cc3cc([C@@]4(C#N)CC45CC5)ccc3cn2)n1. The Labute approximate surface area is 168 Å². The predicted octanol–water partition coefficient (Wildman–Crippen LogP) is 3.66. The second-order valence-electron chi connectivity index (χ2n) is 8.96. The van der Waals surface area contributed by atoms with Gasteiger partial charge in [0.2, 0.25) is 5.91 Å². The summed E-state index contributed by atoms with van der Waals surface area (Å²) in [4.78, 5) is 17.1. The second kappa shape index (κ2) is 5.44. The topological polar surface area (TPSA) is 83.6 Å². The van der Waals surface area contributed by atoms with Gasteiger partial charge in [0, 0.05) is 36.7 Å². The maximum atomic E-state index is 12.6. The fourth-order valence-electron chi connectivity index (χ4n) is 4.98. The van der Waals surface area contributed by atoms with E-state index in [0.29, 0.717) is 5.82 Å². The molecular weight excluding hydrogens is 362 g/mol. The first kappa shape index (κ1) is 16.7. The Kier molecular flexibility index (Phi) is 3.14. The summed E-state index contributed by atoms with van der Waals surface area (Å²) in [6.45, 7) is 0. The van der Waals surface area contributed by atoms with Gasteiger partial charge in [-0.1, -0.05) is 12.1 Å². The normalized spacial score (nSPS) is 28.1. The van der Waals surface area contributed by atoms with Gasteiger partial charge in [0.1, 0.15) is 5.82 Å². The molecule has 6 heteroatoms. The summed E-state index contributed by atoms with van der Waals surface area (Å²) in [7, 11) is 1.89. The summed E-state index contributed by atoms with van der Waals surface area (Å²) in [5.74, 6) is 0.714. The largest absolute Gasteiger partial charge is 0.310 e. The van der Waals surface area contributed by atoms with Crippen LogP contribution in [0.4, 0.5) is 5.82 Å². The number of hydrogen-bond donors (Lipinski definition) is 1. The van der Waals surface area contributed by atoms with E-state index in [9.17, 15) is 10.1 Å². The van der Waals surface area contributed by atoms with Crippen LogP contribution in [0.25, 0.3) is 10.8 Å². The first-order chi connectivity index (χ1) is 14.0. The molecule has 29 heavy (non-hydrogen) atoms. The smallest absolute Gasteiger partial charge is 0.229 e. The number of nitriles is 1. The number of anilines is 1. The van der Waals surface area contributed by atoms with Crippen LogP contribution in [0, 0.1) is 22.7 Å². The van der Waals surface area contributed by atoms with E-state index >= 15 is 0 Å². The molecule has 3 aromatic rings. The van der Waals surface area contributed by atoms with Crippen molar-refractivity contribution >= 4 is 22.5 Å². The van der Waals surface area contributed by atoms with E-state index in [-0.39, 0.29) is 28.6 Å². The molecular formula is C23H21N5O. The molecule has 3 fully saturated rings. The maximum absolute atomic E-state index is 12.6. The number of benzene rings is 1. The lowest BCUT2D eigenvalue weighted by Crippen LogP contribution is -2.15. The number of hydrogen-bond acceptors (Lipinski definition) is 4. The van der Waals surface area contributed by atoms with E-state index in [1.54, 1.807) is 10.9 Å². The fraction of sp³-hybridized carbons (Fsp3) is 0.391. The van der Waals surface area contributed by atoms with Crippen LogP contribution in [0.1, 0.15) is 42.9 Å². The third-order valence-electron chi connectivity index (χ3n) is 7.14. The van der Waals surface area contributed by atoms with E-state index < -0.39 is 0 Å². The predicted molar refractivity (Wildman–Crippen MR) is 108 cm³/mol. The van der Waals surface area contributed by atoms with Gasteiger partial charge in [-0.25, -0.2) is 4.98 Å². The summed E-state index contributed by atoms with van der Waals surface area (Å²) in [6.07, 6.45) is 7.83. The molecule has 2 unspecified atom stereocenters. The van der Waals surface area contributed by atoms with E-state index in [2.05, 4.69) is 33.6 Å². The van der Waals surface area contributed by atoms with Crippen LogP contribution in [-0.4, -0.2) is 20.7 Å². The van der Waals surface area contributed by atoms with Gasteiger partial charge in [-0.2, -0.15) is 10.4 Å². The Morgan fingerprint density at radius 1 is 1.28 bits per heavy atom. The molecule has 3 atom stereocenters. The van der Waals surface area contributed by atoms with Crippen molar-refractivity contribution in [2.24, 2.45) is 18.4 Å². The third kappa shape index (κ3) is 2.43. The van der Waals surface area contributed by atoms with Crippen LogP contribution in [-0.2, 0) is 17.3 Å². The second-order valence-corrected chi connectivity index (χ2v) is 8.96. The van der Waals surface area contributed by atoms with Crippen LogP contribution in [0.5, 0.6) is 0 Å². The van der Waals surface area contributed by atoms with Crippen molar-refractivity contribution in [2.75, 3.05) is 5.32 Å². The molecule has 0 aliphatic heterocycles. The lowest BCUT2D eigenvalue weighted by atomic mass is 9.92. The molecule has 1 spiro atoms. The zero-order chi connectivity index (χ0) is 19.8. The van der Waals surface area contributed by atoms with Gasteiger partial charge in [0.15, 0.2) is 0 Å². The van der Waals surface area contributed by atoms with Crippen LogP contribution in [0.2, 0.25) is 0 Å². The van der Waals surface area contributed by atoms with Crippen molar-refractivity contribution < 1.29 is 4.79 Å². The van der Waals surface area contributed by atoms with Gasteiger partial charge in [0.25, 0.3) is 0 Å². The van der Waals surface area contributed by atoms with Crippen molar-refractivity contribution in [3.05, 3.63) is 54.0 Å². The van der Waals surface area contributed by atoms with Crippen molar-refractivity contribution in [1.82, 2.24) is 14.8 Å². The van der Waals surface area contributed by atoms with Crippen molar-refractivity contribution in [2.45, 2.75) is 37.0 Å². The number of nitrogens with zero attached hydrogens (tertiary/aromatic N) is 4. The standard InChI is InChI=1S/C23H21N5O/c1-28-7-4-19(27-28)17-10-18(17)21(29)26-20-9-15-8-16(3-2-14(15)11-25-20)23(13-24)12-22(23)5-6-22/h2-4,7-9,11,17-18H,5-6,10,12H2,1H3,(H,25,26,29)/t17?,18?,23-/m0/s1. The van der Waals surface area contributed by atoms with Gasteiger partial charge in [-0.15, -0.1) is 0 Å². The number of aromatic nitrogens is 3. The molecule has 2 heterocycles. The number of rotatable bonds is 4. The van der Waals surface area contributed by atoms with E-state index in [0.717, 1.165) is 47.7 Å². The molecule has 0 radical (unpaired) electrons. The number of fused-ring (bicyclic) bond motifs is 1. The quantitative estimate of drug-likeness (QED) is 0.745. The Morgan fingerprint density at radius 3 is 2.83 bits per heavy atom. The molecule has 0 bridgehead atoms. The van der Waals surface area contributed by atoms with Gasteiger partial charge in [-0.3, -0.25) is 9.48 Å². The third-order valence-corrected chi connectivity index (χ3v) is 7.14. The number of aryl methyl sites for hydroxylation is 1. The molecule has 3 saturated carbocycles. The zero-order valence-corrected chi connectivity index (χ0v) is 16.2. The first-order valence-corrected chi connectivity index (χ1v) is 10.2. The summed E-state index contributed by atoms with van der Waals surface area (Å²) in [5.41, 5.74) is 2.01. The van der Waals surface area contributed by atoms with Crippen LogP contribution < -0.4 is 5.32 Å². The molecule has 144 valence electrons. The molecule has 6 rings (SSSR count). The molecule has 1 amide bonds. The lowest BCUT2D eigenvalue weighted by Gasteiger charge is -2.11. The molecule has 1 aromatic carbocycles. The fourth-order valence-corrected chi connectivity index (χ4v) is 4.98. The summed E-state index contributed by atoms with van der Waals surface area (Å²) >= 11 is 0. The number of amides is 1. The number of nitrogens with one attached hydrogen (secondary N) is 1. The minimum atomic E-state index is -0.308. The number of pyridine rings is 1.